The van der Waals surface area contributed by atoms with Crippen molar-refractivity contribution in [3.8, 4) is 0 Å². The van der Waals surface area contributed by atoms with E-state index in [0.29, 0.717) is 25.2 Å². The van der Waals surface area contributed by atoms with Crippen molar-refractivity contribution in [1.29, 1.82) is 0 Å². The van der Waals surface area contributed by atoms with E-state index in [4.69, 9.17) is 5.73 Å². The summed E-state index contributed by atoms with van der Waals surface area (Å²) < 4.78 is 26.7. The number of aromatic nitrogens is 3. The van der Waals surface area contributed by atoms with E-state index in [2.05, 4.69) is 20.5 Å². The topological polar surface area (TPSA) is 96.7 Å². The smallest absolute Gasteiger partial charge is 0.254 e. The van der Waals surface area contributed by atoms with Gasteiger partial charge in [-0.3, -0.25) is 9.89 Å². The minimum Gasteiger partial charge on any atom is -0.396 e. The molecule has 0 unspecified atom stereocenters. The Morgan fingerprint density at radius 3 is 2.90 bits per heavy atom. The zero-order chi connectivity index (χ0) is 14.5. The second kappa shape index (κ2) is 6.09. The number of aromatic amines is 1. The number of hydrogen-bond acceptors (Lipinski definition) is 4. The van der Waals surface area contributed by atoms with Gasteiger partial charge in [-0.25, -0.2) is 13.8 Å². The quantitative estimate of drug-likeness (QED) is 0.563. The monoisotopic (exact) mass is 281 g/mol. The standard InChI is InChI=1S/C12H13F2N5O/c13-7-4-8(11(14)9(15)5-7)12(20)16-3-1-2-10-17-6-18-19-10/h4-6H,1-3,15H2,(H,16,20)(H,17,18,19). The number of carbonyl (C=O) groups is 1. The molecule has 2 rings (SSSR count). The lowest BCUT2D eigenvalue weighted by molar-refractivity contribution is 0.0948. The average molecular weight is 281 g/mol. The van der Waals surface area contributed by atoms with E-state index in [9.17, 15) is 13.6 Å². The highest BCUT2D eigenvalue weighted by atomic mass is 19.1. The number of H-pyrrole nitrogens is 1. The lowest BCUT2D eigenvalue weighted by atomic mass is 10.1. The molecule has 1 aromatic heterocycles. The van der Waals surface area contributed by atoms with Crippen LogP contribution in [0.1, 0.15) is 22.6 Å². The Bertz CT molecular complexity index is 600. The van der Waals surface area contributed by atoms with Crippen LogP contribution in [0.25, 0.3) is 0 Å². The first kappa shape index (κ1) is 13.9. The van der Waals surface area contributed by atoms with Crippen molar-refractivity contribution in [1.82, 2.24) is 20.5 Å². The SMILES string of the molecule is Nc1cc(F)cc(C(=O)NCCCc2ncn[nH]2)c1F. The molecule has 0 saturated carbocycles. The molecule has 8 heteroatoms. The summed E-state index contributed by atoms with van der Waals surface area (Å²) in [6, 6.07) is 1.65. The molecule has 0 spiro atoms. The highest BCUT2D eigenvalue weighted by molar-refractivity contribution is 5.95. The van der Waals surface area contributed by atoms with E-state index in [1.807, 2.05) is 0 Å². The fraction of sp³-hybridized carbons (Fsp3) is 0.250. The maximum atomic E-state index is 13.6. The molecule has 0 bridgehead atoms. The highest BCUT2D eigenvalue weighted by Crippen LogP contribution is 2.17. The van der Waals surface area contributed by atoms with E-state index < -0.39 is 28.8 Å². The third-order valence-electron chi connectivity index (χ3n) is 2.65. The molecule has 0 radical (unpaired) electrons. The molecule has 0 fully saturated rings. The Hall–Kier alpha value is -2.51. The summed E-state index contributed by atoms with van der Waals surface area (Å²) in [6.45, 7) is 0.301. The molecule has 6 nitrogen and oxygen atoms in total. The van der Waals surface area contributed by atoms with Crippen molar-refractivity contribution < 1.29 is 13.6 Å². The Balaban J connectivity index is 1.89. The van der Waals surface area contributed by atoms with Gasteiger partial charge in [0.25, 0.3) is 5.91 Å². The Labute approximate surface area is 113 Å². The van der Waals surface area contributed by atoms with Crippen LogP contribution in [0, 0.1) is 11.6 Å². The first-order valence-corrected chi connectivity index (χ1v) is 5.95. The lowest BCUT2D eigenvalue weighted by Crippen LogP contribution is -2.26. The fourth-order valence-corrected chi connectivity index (χ4v) is 1.68. The van der Waals surface area contributed by atoms with Crippen molar-refractivity contribution >= 4 is 11.6 Å². The molecular formula is C12H13F2N5O. The van der Waals surface area contributed by atoms with Crippen LogP contribution in [0.15, 0.2) is 18.5 Å². The van der Waals surface area contributed by atoms with Gasteiger partial charge in [-0.15, -0.1) is 0 Å². The molecule has 0 atom stereocenters. The molecule has 0 aliphatic rings. The fourth-order valence-electron chi connectivity index (χ4n) is 1.68. The summed E-state index contributed by atoms with van der Waals surface area (Å²) in [5, 5.41) is 8.86. The van der Waals surface area contributed by atoms with Crippen molar-refractivity contribution in [3.63, 3.8) is 0 Å². The van der Waals surface area contributed by atoms with Crippen molar-refractivity contribution in [2.45, 2.75) is 12.8 Å². The Kier molecular flexibility index (Phi) is 4.24. The zero-order valence-electron chi connectivity index (χ0n) is 10.5. The van der Waals surface area contributed by atoms with Crippen molar-refractivity contribution in [2.24, 2.45) is 0 Å². The molecule has 1 heterocycles. The minimum atomic E-state index is -0.917. The summed E-state index contributed by atoms with van der Waals surface area (Å²) in [6.07, 6.45) is 2.57. The number of benzene rings is 1. The number of hydrogen-bond donors (Lipinski definition) is 3. The summed E-state index contributed by atoms with van der Waals surface area (Å²) in [5.41, 5.74) is 4.47. The van der Waals surface area contributed by atoms with E-state index in [0.717, 1.165) is 12.1 Å². The lowest BCUT2D eigenvalue weighted by Gasteiger charge is -2.07. The van der Waals surface area contributed by atoms with Crippen LogP contribution >= 0.6 is 0 Å². The van der Waals surface area contributed by atoms with E-state index in [1.165, 1.54) is 6.33 Å². The molecule has 1 aromatic carbocycles. The maximum absolute atomic E-state index is 13.6. The van der Waals surface area contributed by atoms with Gasteiger partial charge in [0.1, 0.15) is 18.0 Å². The van der Waals surface area contributed by atoms with Gasteiger partial charge in [-0.2, -0.15) is 5.10 Å². The van der Waals surface area contributed by atoms with E-state index >= 15 is 0 Å². The Morgan fingerprint density at radius 1 is 1.40 bits per heavy atom. The second-order valence-electron chi connectivity index (χ2n) is 4.15. The normalized spacial score (nSPS) is 10.5. The van der Waals surface area contributed by atoms with E-state index in [1.54, 1.807) is 0 Å². The number of carbonyl (C=O) groups excluding carboxylic acids is 1. The van der Waals surface area contributed by atoms with Gasteiger partial charge in [0, 0.05) is 13.0 Å². The Morgan fingerprint density at radius 2 is 2.20 bits per heavy atom. The number of aryl methyl sites for hydroxylation is 1. The third kappa shape index (κ3) is 3.28. The van der Waals surface area contributed by atoms with Crippen LogP contribution in [0.5, 0.6) is 0 Å². The number of nitrogens with two attached hydrogens (primary N) is 1. The van der Waals surface area contributed by atoms with Gasteiger partial charge in [0.15, 0.2) is 5.82 Å². The molecule has 4 N–H and O–H groups in total. The van der Waals surface area contributed by atoms with Crippen LogP contribution < -0.4 is 11.1 Å². The number of nitrogen functional groups attached to an aromatic ring is 1. The predicted molar refractivity (Wildman–Crippen MR) is 67.8 cm³/mol. The number of anilines is 1. The van der Waals surface area contributed by atoms with Crippen molar-refractivity contribution in [2.75, 3.05) is 12.3 Å². The number of halogens is 2. The summed E-state index contributed by atoms with van der Waals surface area (Å²) in [7, 11) is 0. The molecule has 1 amide bonds. The largest absolute Gasteiger partial charge is 0.396 e. The minimum absolute atomic E-state index is 0.301. The molecule has 2 aromatic rings. The average Bonchev–Trinajstić information content (AvgIpc) is 2.91. The van der Waals surface area contributed by atoms with Crippen LogP contribution in [-0.2, 0) is 6.42 Å². The number of nitrogens with one attached hydrogen (secondary N) is 2. The van der Waals surface area contributed by atoms with Gasteiger partial charge < -0.3 is 11.1 Å². The molecular weight excluding hydrogens is 268 g/mol. The number of nitrogens with zero attached hydrogens (tertiary/aromatic N) is 2. The molecule has 0 saturated heterocycles. The van der Waals surface area contributed by atoms with Gasteiger partial charge in [0.2, 0.25) is 0 Å². The van der Waals surface area contributed by atoms with Crippen LogP contribution in [-0.4, -0.2) is 27.6 Å². The van der Waals surface area contributed by atoms with E-state index in [-0.39, 0.29) is 0 Å². The van der Waals surface area contributed by atoms with Gasteiger partial charge in [-0.1, -0.05) is 0 Å². The third-order valence-corrected chi connectivity index (χ3v) is 2.65. The van der Waals surface area contributed by atoms with Gasteiger partial charge >= 0.3 is 0 Å². The molecule has 0 aliphatic carbocycles. The van der Waals surface area contributed by atoms with Gasteiger partial charge in [0.05, 0.1) is 11.3 Å². The molecule has 20 heavy (non-hydrogen) atoms. The molecule has 106 valence electrons. The number of amides is 1. The maximum Gasteiger partial charge on any atom is 0.254 e. The first-order chi connectivity index (χ1) is 9.58. The van der Waals surface area contributed by atoms with Crippen molar-refractivity contribution in [3.05, 3.63) is 41.5 Å². The zero-order valence-corrected chi connectivity index (χ0v) is 10.5. The predicted octanol–water partition coefficient (Wildman–Crippen LogP) is 1.03. The summed E-state index contributed by atoms with van der Waals surface area (Å²) >= 11 is 0. The highest BCUT2D eigenvalue weighted by Gasteiger charge is 2.15. The van der Waals surface area contributed by atoms with Crippen LogP contribution in [0.4, 0.5) is 14.5 Å². The van der Waals surface area contributed by atoms with Gasteiger partial charge in [-0.05, 0) is 18.6 Å². The first-order valence-electron chi connectivity index (χ1n) is 5.95. The second-order valence-corrected chi connectivity index (χ2v) is 4.15. The summed E-state index contributed by atoms with van der Waals surface area (Å²) in [4.78, 5) is 15.6. The number of rotatable bonds is 5. The summed E-state index contributed by atoms with van der Waals surface area (Å²) in [5.74, 6) is -1.68. The van der Waals surface area contributed by atoms with Crippen LogP contribution in [0.3, 0.4) is 0 Å². The molecule has 0 aliphatic heterocycles. The van der Waals surface area contributed by atoms with Crippen LogP contribution in [0.2, 0.25) is 0 Å².